The Balaban J connectivity index is 1.76. The lowest BCUT2D eigenvalue weighted by Gasteiger charge is -2.23. The summed E-state index contributed by atoms with van der Waals surface area (Å²) in [5.74, 6) is 2.62. The van der Waals surface area contributed by atoms with Gasteiger partial charge in [0.25, 0.3) is 5.89 Å². The Hall–Kier alpha value is -2.38. The Morgan fingerprint density at radius 1 is 1.16 bits per heavy atom. The van der Waals surface area contributed by atoms with E-state index in [1.165, 1.54) is 0 Å². The van der Waals surface area contributed by atoms with Crippen LogP contribution < -0.4 is 9.47 Å². The third-order valence-corrected chi connectivity index (χ3v) is 4.95. The van der Waals surface area contributed by atoms with Gasteiger partial charge >= 0.3 is 0 Å². The molecule has 132 valence electrons. The molecule has 0 aliphatic carbocycles. The van der Waals surface area contributed by atoms with Crippen LogP contribution in [0.15, 0.2) is 40.1 Å². The summed E-state index contributed by atoms with van der Waals surface area (Å²) < 4.78 is 16.7. The number of methoxy groups -OCH3 is 2. The molecule has 2 aromatic heterocycles. The Kier molecular flexibility index (Phi) is 5.35. The number of aromatic nitrogens is 2. The van der Waals surface area contributed by atoms with Crippen LogP contribution in [-0.4, -0.2) is 36.4 Å². The van der Waals surface area contributed by atoms with Crippen molar-refractivity contribution in [2.24, 2.45) is 0 Å². The molecule has 0 amide bonds. The van der Waals surface area contributed by atoms with Crippen LogP contribution >= 0.6 is 11.3 Å². The number of hydrogen-bond donors (Lipinski definition) is 0. The van der Waals surface area contributed by atoms with Gasteiger partial charge in [0.1, 0.15) is 0 Å². The monoisotopic (exact) mass is 359 g/mol. The molecule has 1 aromatic carbocycles. The summed E-state index contributed by atoms with van der Waals surface area (Å²) in [7, 11) is 5.30. The van der Waals surface area contributed by atoms with Crippen LogP contribution in [0.25, 0.3) is 10.8 Å². The summed E-state index contributed by atoms with van der Waals surface area (Å²) in [5.41, 5.74) is 1.04. The van der Waals surface area contributed by atoms with E-state index >= 15 is 0 Å². The highest BCUT2D eigenvalue weighted by Crippen LogP contribution is 2.33. The SMILES string of the molecule is COc1cccc(CN(C)[C@@H](C)c2nnc(-c3cccs3)o2)c1OC. The van der Waals surface area contributed by atoms with Crippen molar-refractivity contribution in [1.29, 1.82) is 0 Å². The molecule has 7 heteroatoms. The average Bonchev–Trinajstić information content (AvgIpc) is 3.31. The van der Waals surface area contributed by atoms with Gasteiger partial charge in [0, 0.05) is 12.1 Å². The van der Waals surface area contributed by atoms with Gasteiger partial charge in [-0.1, -0.05) is 18.2 Å². The minimum Gasteiger partial charge on any atom is -0.493 e. The highest BCUT2D eigenvalue weighted by molar-refractivity contribution is 7.13. The van der Waals surface area contributed by atoms with Gasteiger partial charge in [0.05, 0.1) is 25.1 Å². The molecule has 0 saturated heterocycles. The summed E-state index contributed by atoms with van der Waals surface area (Å²) >= 11 is 1.58. The molecule has 0 aliphatic heterocycles. The largest absolute Gasteiger partial charge is 0.493 e. The number of ether oxygens (including phenoxy) is 2. The van der Waals surface area contributed by atoms with Gasteiger partial charge in [-0.25, -0.2) is 0 Å². The lowest BCUT2D eigenvalue weighted by molar-refractivity contribution is 0.214. The van der Waals surface area contributed by atoms with E-state index in [-0.39, 0.29) is 6.04 Å². The van der Waals surface area contributed by atoms with Gasteiger partial charge in [-0.3, -0.25) is 4.90 Å². The summed E-state index contributed by atoms with van der Waals surface area (Å²) in [5, 5.41) is 10.3. The molecule has 0 radical (unpaired) electrons. The second kappa shape index (κ2) is 7.67. The summed E-state index contributed by atoms with van der Waals surface area (Å²) in [6.07, 6.45) is 0. The zero-order chi connectivity index (χ0) is 17.8. The van der Waals surface area contributed by atoms with Crippen molar-refractivity contribution >= 4 is 11.3 Å². The summed E-state index contributed by atoms with van der Waals surface area (Å²) in [4.78, 5) is 3.10. The Morgan fingerprint density at radius 3 is 2.68 bits per heavy atom. The van der Waals surface area contributed by atoms with Crippen LogP contribution in [0.3, 0.4) is 0 Å². The molecule has 3 rings (SSSR count). The van der Waals surface area contributed by atoms with Crippen LogP contribution in [0.5, 0.6) is 11.5 Å². The topological polar surface area (TPSA) is 60.6 Å². The fourth-order valence-electron chi connectivity index (χ4n) is 2.58. The molecule has 6 nitrogen and oxygen atoms in total. The first-order chi connectivity index (χ1) is 12.1. The predicted molar refractivity (Wildman–Crippen MR) is 97.0 cm³/mol. The van der Waals surface area contributed by atoms with Gasteiger partial charge in [-0.05, 0) is 31.5 Å². The first kappa shape index (κ1) is 17.4. The van der Waals surface area contributed by atoms with Crippen LogP contribution in [-0.2, 0) is 6.54 Å². The van der Waals surface area contributed by atoms with Crippen molar-refractivity contribution in [3.8, 4) is 22.3 Å². The minimum absolute atomic E-state index is 0.0304. The van der Waals surface area contributed by atoms with Crippen molar-refractivity contribution < 1.29 is 13.9 Å². The predicted octanol–water partition coefficient (Wildman–Crippen LogP) is 4.01. The fourth-order valence-corrected chi connectivity index (χ4v) is 3.22. The zero-order valence-electron chi connectivity index (χ0n) is 14.7. The molecule has 0 bridgehead atoms. The van der Waals surface area contributed by atoms with E-state index < -0.39 is 0 Å². The maximum atomic E-state index is 5.84. The van der Waals surface area contributed by atoms with Crippen LogP contribution in [0.4, 0.5) is 0 Å². The minimum atomic E-state index is -0.0304. The van der Waals surface area contributed by atoms with E-state index in [1.54, 1.807) is 25.6 Å². The number of rotatable bonds is 7. The Bertz CT molecular complexity index is 817. The van der Waals surface area contributed by atoms with E-state index in [9.17, 15) is 0 Å². The van der Waals surface area contributed by atoms with Gasteiger partial charge in [0.2, 0.25) is 5.89 Å². The molecule has 2 heterocycles. The van der Waals surface area contributed by atoms with Crippen LogP contribution in [0.2, 0.25) is 0 Å². The van der Waals surface area contributed by atoms with Gasteiger partial charge in [0.15, 0.2) is 11.5 Å². The highest BCUT2D eigenvalue weighted by atomic mass is 32.1. The van der Waals surface area contributed by atoms with Crippen molar-refractivity contribution in [1.82, 2.24) is 15.1 Å². The quantitative estimate of drug-likeness (QED) is 0.635. The molecule has 3 aromatic rings. The van der Waals surface area contributed by atoms with E-state index in [0.717, 1.165) is 21.9 Å². The molecule has 0 unspecified atom stereocenters. The first-order valence-electron chi connectivity index (χ1n) is 7.91. The standard InChI is InChI=1S/C18H21N3O3S/c1-12(17-19-20-18(24-17)15-9-6-10-25-15)21(2)11-13-7-5-8-14(22-3)16(13)23-4/h5-10,12H,11H2,1-4H3/t12-/m0/s1. The van der Waals surface area contributed by atoms with Crippen molar-refractivity contribution in [3.63, 3.8) is 0 Å². The lowest BCUT2D eigenvalue weighted by Crippen LogP contribution is -2.22. The third-order valence-electron chi connectivity index (χ3n) is 4.10. The van der Waals surface area contributed by atoms with Crippen molar-refractivity contribution in [2.45, 2.75) is 19.5 Å². The molecule has 0 N–H and O–H groups in total. The molecular weight excluding hydrogens is 338 g/mol. The average molecular weight is 359 g/mol. The lowest BCUT2D eigenvalue weighted by atomic mass is 10.1. The van der Waals surface area contributed by atoms with Gasteiger partial charge < -0.3 is 13.9 Å². The maximum absolute atomic E-state index is 5.84. The third kappa shape index (κ3) is 3.67. The van der Waals surface area contributed by atoms with Crippen molar-refractivity contribution in [3.05, 3.63) is 47.2 Å². The van der Waals surface area contributed by atoms with Crippen LogP contribution in [0, 0.1) is 0 Å². The number of thiophene rings is 1. The van der Waals surface area contributed by atoms with Gasteiger partial charge in [-0.2, -0.15) is 0 Å². The number of para-hydroxylation sites is 1. The molecule has 0 fully saturated rings. The molecule has 1 atom stereocenters. The van der Waals surface area contributed by atoms with Crippen LogP contribution in [0.1, 0.15) is 24.4 Å². The molecule has 25 heavy (non-hydrogen) atoms. The van der Waals surface area contributed by atoms with Crippen molar-refractivity contribution in [2.75, 3.05) is 21.3 Å². The Labute approximate surface area is 151 Å². The summed E-state index contributed by atoms with van der Waals surface area (Å²) in [6, 6.07) is 9.77. The second-order valence-electron chi connectivity index (χ2n) is 5.67. The maximum Gasteiger partial charge on any atom is 0.257 e. The first-order valence-corrected chi connectivity index (χ1v) is 8.79. The number of nitrogens with zero attached hydrogens (tertiary/aromatic N) is 3. The number of benzene rings is 1. The fraction of sp³-hybridized carbons (Fsp3) is 0.333. The second-order valence-corrected chi connectivity index (χ2v) is 6.61. The molecule has 0 saturated carbocycles. The molecule has 0 spiro atoms. The zero-order valence-corrected chi connectivity index (χ0v) is 15.5. The van der Waals surface area contributed by atoms with E-state index in [2.05, 4.69) is 15.1 Å². The van der Waals surface area contributed by atoms with E-state index in [0.29, 0.717) is 18.3 Å². The smallest absolute Gasteiger partial charge is 0.257 e. The summed E-state index contributed by atoms with van der Waals surface area (Å²) in [6.45, 7) is 2.70. The number of hydrogen-bond acceptors (Lipinski definition) is 7. The van der Waals surface area contributed by atoms with E-state index in [4.69, 9.17) is 13.9 Å². The molecule has 0 aliphatic rings. The normalized spacial score (nSPS) is 12.4. The van der Waals surface area contributed by atoms with Gasteiger partial charge in [-0.15, -0.1) is 21.5 Å². The Morgan fingerprint density at radius 2 is 2.00 bits per heavy atom. The van der Waals surface area contributed by atoms with E-state index in [1.807, 2.05) is 49.7 Å². The molecular formula is C18H21N3O3S. The highest BCUT2D eigenvalue weighted by Gasteiger charge is 2.21.